The molecule has 136 valence electrons. The minimum absolute atomic E-state index is 0.112. The summed E-state index contributed by atoms with van der Waals surface area (Å²) >= 11 is 10.1. The first-order chi connectivity index (χ1) is 12.0. The Morgan fingerprint density at radius 2 is 1.92 bits per heavy atom. The average molecular weight is 446 g/mol. The molecule has 1 aliphatic heterocycles. The number of nitrogens with zero attached hydrogens (tertiary/aromatic N) is 1. The lowest BCUT2D eigenvalue weighted by Gasteiger charge is -2.13. The highest BCUT2D eigenvalue weighted by Gasteiger charge is 2.31. The molecule has 0 unspecified atom stereocenters. The van der Waals surface area contributed by atoms with E-state index in [1.165, 1.54) is 11.8 Å². The molecule has 1 heterocycles. The van der Waals surface area contributed by atoms with Crippen LogP contribution in [0.4, 0.5) is 0 Å². The van der Waals surface area contributed by atoms with E-state index in [0.29, 0.717) is 47.1 Å². The Morgan fingerprint density at radius 1 is 1.24 bits per heavy atom. The Morgan fingerprint density at radius 3 is 2.56 bits per heavy atom. The predicted octanol–water partition coefficient (Wildman–Crippen LogP) is 4.09. The van der Waals surface area contributed by atoms with Gasteiger partial charge >= 0.3 is 0 Å². The zero-order chi connectivity index (χ0) is 18.4. The Kier molecular flexibility index (Phi) is 7.74. The number of hydrogen-bond acceptors (Lipinski definition) is 6. The highest BCUT2D eigenvalue weighted by Crippen LogP contribution is 2.38. The molecule has 0 N–H and O–H groups in total. The average Bonchev–Trinajstić information content (AvgIpc) is 2.84. The SMILES string of the molecule is CCOc1cc(OCC)c(/C=C2\SC(=S)N(CCOC)C2=O)cc1Br. The van der Waals surface area contributed by atoms with Crippen LogP contribution in [0.15, 0.2) is 21.5 Å². The summed E-state index contributed by atoms with van der Waals surface area (Å²) < 4.78 is 17.7. The number of ether oxygens (including phenoxy) is 3. The van der Waals surface area contributed by atoms with Crippen molar-refractivity contribution >= 4 is 56.2 Å². The van der Waals surface area contributed by atoms with Gasteiger partial charge < -0.3 is 14.2 Å². The Labute approximate surface area is 165 Å². The molecule has 1 fully saturated rings. The van der Waals surface area contributed by atoms with E-state index in [2.05, 4.69) is 15.9 Å². The number of halogens is 1. The van der Waals surface area contributed by atoms with Crippen LogP contribution in [-0.4, -0.2) is 48.6 Å². The maximum Gasteiger partial charge on any atom is 0.266 e. The van der Waals surface area contributed by atoms with Crippen LogP contribution >= 0.6 is 39.9 Å². The molecule has 2 rings (SSSR count). The largest absolute Gasteiger partial charge is 0.493 e. The number of benzene rings is 1. The van der Waals surface area contributed by atoms with Crippen LogP contribution < -0.4 is 9.47 Å². The number of rotatable bonds is 8. The maximum absolute atomic E-state index is 12.6. The van der Waals surface area contributed by atoms with Crippen molar-refractivity contribution in [3.8, 4) is 11.5 Å². The molecule has 25 heavy (non-hydrogen) atoms. The van der Waals surface area contributed by atoms with E-state index in [9.17, 15) is 4.79 Å². The van der Waals surface area contributed by atoms with Gasteiger partial charge in [-0.15, -0.1) is 0 Å². The molecule has 8 heteroatoms. The molecule has 0 saturated carbocycles. The number of carbonyl (C=O) groups excluding carboxylic acids is 1. The summed E-state index contributed by atoms with van der Waals surface area (Å²) in [5.74, 6) is 1.26. The first kappa shape index (κ1) is 20.2. The van der Waals surface area contributed by atoms with Crippen LogP contribution in [0.2, 0.25) is 0 Å². The van der Waals surface area contributed by atoms with Gasteiger partial charge in [-0.25, -0.2) is 0 Å². The fourth-order valence-electron chi connectivity index (χ4n) is 2.23. The second kappa shape index (κ2) is 9.56. The van der Waals surface area contributed by atoms with Gasteiger partial charge in [0.1, 0.15) is 15.8 Å². The van der Waals surface area contributed by atoms with E-state index in [1.54, 1.807) is 18.1 Å². The molecule has 1 aliphatic rings. The Bertz CT molecular complexity index is 693. The third-order valence-corrected chi connectivity index (χ3v) is 5.34. The van der Waals surface area contributed by atoms with Crippen LogP contribution in [0.3, 0.4) is 0 Å². The lowest BCUT2D eigenvalue weighted by molar-refractivity contribution is -0.122. The zero-order valence-corrected chi connectivity index (χ0v) is 17.6. The molecule has 1 aromatic carbocycles. The quantitative estimate of drug-likeness (QED) is 0.443. The van der Waals surface area contributed by atoms with Gasteiger partial charge in [-0.05, 0) is 41.9 Å². The van der Waals surface area contributed by atoms with E-state index < -0.39 is 0 Å². The van der Waals surface area contributed by atoms with Crippen molar-refractivity contribution < 1.29 is 19.0 Å². The van der Waals surface area contributed by atoms with Gasteiger partial charge in [0.05, 0.1) is 35.7 Å². The summed E-state index contributed by atoms with van der Waals surface area (Å²) in [6.45, 7) is 5.80. The number of thiocarbonyl (C=S) groups is 1. The lowest BCUT2D eigenvalue weighted by Crippen LogP contribution is -2.31. The molecule has 1 saturated heterocycles. The summed E-state index contributed by atoms with van der Waals surface area (Å²) in [5, 5.41) is 0. The van der Waals surface area contributed by atoms with Crippen molar-refractivity contribution in [2.75, 3.05) is 33.5 Å². The number of carbonyl (C=O) groups is 1. The minimum Gasteiger partial charge on any atom is -0.493 e. The highest BCUT2D eigenvalue weighted by molar-refractivity contribution is 9.10. The first-order valence-corrected chi connectivity index (χ1v) is 9.87. The highest BCUT2D eigenvalue weighted by atomic mass is 79.9. The van der Waals surface area contributed by atoms with Crippen molar-refractivity contribution in [3.63, 3.8) is 0 Å². The van der Waals surface area contributed by atoms with Gasteiger partial charge in [0, 0.05) is 18.7 Å². The standard InChI is InChI=1S/C17H20BrNO4S2/c1-4-22-13-10-14(23-5-2)12(18)8-11(13)9-15-16(20)19(6-7-21-3)17(24)25-15/h8-10H,4-7H2,1-3H3/b15-9-. The van der Waals surface area contributed by atoms with Crippen molar-refractivity contribution in [1.82, 2.24) is 4.90 Å². The van der Waals surface area contributed by atoms with Gasteiger partial charge in [-0.2, -0.15) is 0 Å². The monoisotopic (exact) mass is 445 g/mol. The third kappa shape index (κ3) is 4.97. The molecule has 0 spiro atoms. The molecule has 0 aromatic heterocycles. The van der Waals surface area contributed by atoms with Gasteiger partial charge in [0.15, 0.2) is 0 Å². The maximum atomic E-state index is 12.6. The molecule has 5 nitrogen and oxygen atoms in total. The number of hydrogen-bond donors (Lipinski definition) is 0. The minimum atomic E-state index is -0.112. The third-order valence-electron chi connectivity index (χ3n) is 3.34. The molecule has 1 aromatic rings. The summed E-state index contributed by atoms with van der Waals surface area (Å²) in [6, 6.07) is 3.71. The molecule has 1 amide bonds. The predicted molar refractivity (Wildman–Crippen MR) is 108 cm³/mol. The molecule has 0 radical (unpaired) electrons. The van der Waals surface area contributed by atoms with Crippen LogP contribution in [0.1, 0.15) is 19.4 Å². The Balaban J connectivity index is 2.34. The van der Waals surface area contributed by atoms with E-state index >= 15 is 0 Å². The van der Waals surface area contributed by atoms with Gasteiger partial charge in [-0.3, -0.25) is 9.69 Å². The van der Waals surface area contributed by atoms with Crippen LogP contribution in [0.25, 0.3) is 6.08 Å². The fraction of sp³-hybridized carbons (Fsp3) is 0.412. The second-order valence-electron chi connectivity index (χ2n) is 5.01. The normalized spacial score (nSPS) is 16.0. The van der Waals surface area contributed by atoms with Crippen LogP contribution in [0, 0.1) is 0 Å². The van der Waals surface area contributed by atoms with Crippen molar-refractivity contribution in [3.05, 3.63) is 27.1 Å². The summed E-state index contributed by atoms with van der Waals surface area (Å²) in [7, 11) is 1.60. The number of methoxy groups -OCH3 is 1. The topological polar surface area (TPSA) is 48.0 Å². The van der Waals surface area contributed by atoms with Crippen molar-refractivity contribution in [1.29, 1.82) is 0 Å². The molecular weight excluding hydrogens is 426 g/mol. The van der Waals surface area contributed by atoms with Crippen LogP contribution in [0.5, 0.6) is 11.5 Å². The summed E-state index contributed by atoms with van der Waals surface area (Å²) in [4.78, 5) is 14.7. The van der Waals surface area contributed by atoms with E-state index in [-0.39, 0.29) is 5.91 Å². The van der Waals surface area contributed by atoms with Gasteiger partial charge in [0.25, 0.3) is 5.91 Å². The Hall–Kier alpha value is -1.09. The van der Waals surface area contributed by atoms with Crippen LogP contribution in [-0.2, 0) is 9.53 Å². The van der Waals surface area contributed by atoms with Crippen molar-refractivity contribution in [2.24, 2.45) is 0 Å². The number of amides is 1. The lowest BCUT2D eigenvalue weighted by atomic mass is 10.1. The fourth-order valence-corrected chi connectivity index (χ4v) is 4.00. The molecule has 0 atom stereocenters. The van der Waals surface area contributed by atoms with E-state index in [0.717, 1.165) is 10.0 Å². The van der Waals surface area contributed by atoms with Crippen molar-refractivity contribution in [2.45, 2.75) is 13.8 Å². The first-order valence-electron chi connectivity index (χ1n) is 7.85. The van der Waals surface area contributed by atoms with Gasteiger partial charge in [0.2, 0.25) is 0 Å². The summed E-state index contributed by atoms with van der Waals surface area (Å²) in [6.07, 6.45) is 1.80. The molecule has 0 bridgehead atoms. The molecule has 0 aliphatic carbocycles. The summed E-state index contributed by atoms with van der Waals surface area (Å²) in [5.41, 5.74) is 0.796. The smallest absolute Gasteiger partial charge is 0.266 e. The zero-order valence-electron chi connectivity index (χ0n) is 14.3. The van der Waals surface area contributed by atoms with E-state index in [4.69, 9.17) is 26.4 Å². The second-order valence-corrected chi connectivity index (χ2v) is 7.54. The number of thioether (sulfide) groups is 1. The molecular formula is C17H20BrNO4S2. The van der Waals surface area contributed by atoms with E-state index in [1.807, 2.05) is 26.0 Å². The van der Waals surface area contributed by atoms with Gasteiger partial charge in [-0.1, -0.05) is 24.0 Å².